The van der Waals surface area contributed by atoms with Gasteiger partial charge in [0.2, 0.25) is 0 Å². The molecule has 1 unspecified atom stereocenters. The molecule has 1 aromatic rings. The minimum atomic E-state index is -0.869. The number of ether oxygens (including phenoxy) is 1. The molecule has 2 nitrogen and oxygen atoms in total. The van der Waals surface area contributed by atoms with Crippen molar-refractivity contribution in [2.75, 3.05) is 0 Å². The Morgan fingerprint density at radius 3 is 2.07 bits per heavy atom. The minimum absolute atomic E-state index is 0.0987. The molecule has 84 valence electrons. The molecule has 2 heteroatoms. The minimum Gasteiger partial charge on any atom is -0.387 e. The van der Waals surface area contributed by atoms with Crippen molar-refractivity contribution in [3.63, 3.8) is 0 Å². The highest BCUT2D eigenvalue weighted by atomic mass is 16.5. The molecule has 1 aromatic carbocycles. The van der Waals surface area contributed by atoms with Crippen molar-refractivity contribution >= 4 is 0 Å². The van der Waals surface area contributed by atoms with Gasteiger partial charge in [-0.25, -0.2) is 0 Å². The molecular weight excluding hydrogens is 188 g/mol. The van der Waals surface area contributed by atoms with Crippen molar-refractivity contribution < 1.29 is 9.84 Å². The van der Waals surface area contributed by atoms with Gasteiger partial charge in [-0.05, 0) is 33.3 Å². The monoisotopic (exact) mass is 208 g/mol. The van der Waals surface area contributed by atoms with Gasteiger partial charge in [-0.2, -0.15) is 0 Å². The summed E-state index contributed by atoms with van der Waals surface area (Å²) in [7, 11) is 0. The van der Waals surface area contributed by atoms with Gasteiger partial charge in [-0.15, -0.1) is 0 Å². The Morgan fingerprint density at radius 1 is 1.13 bits per heavy atom. The van der Waals surface area contributed by atoms with Crippen LogP contribution in [-0.4, -0.2) is 16.8 Å². The molecule has 0 radical (unpaired) electrons. The van der Waals surface area contributed by atoms with Crippen LogP contribution in [0.3, 0.4) is 0 Å². The topological polar surface area (TPSA) is 29.5 Å². The lowest BCUT2D eigenvalue weighted by atomic mass is 9.94. The van der Waals surface area contributed by atoms with Gasteiger partial charge in [0.25, 0.3) is 0 Å². The fourth-order valence-electron chi connectivity index (χ4n) is 1.55. The van der Waals surface area contributed by atoms with Crippen LogP contribution in [0.25, 0.3) is 0 Å². The Kier molecular flexibility index (Phi) is 3.89. The highest BCUT2D eigenvalue weighted by Gasteiger charge is 2.29. The summed E-state index contributed by atoms with van der Waals surface area (Å²) in [5.74, 6) is 0. The van der Waals surface area contributed by atoms with Crippen molar-refractivity contribution in [2.45, 2.75) is 45.5 Å². The summed E-state index contributed by atoms with van der Waals surface area (Å²) in [6.45, 7) is 7.49. The first-order valence-corrected chi connectivity index (χ1v) is 5.34. The first-order valence-electron chi connectivity index (χ1n) is 5.34. The van der Waals surface area contributed by atoms with Gasteiger partial charge in [-0.1, -0.05) is 30.3 Å². The summed E-state index contributed by atoms with van der Waals surface area (Å²) in [6.07, 6.45) is -0.180. The maximum absolute atomic E-state index is 10.1. The molecule has 0 spiro atoms. The second-order valence-corrected chi connectivity index (χ2v) is 4.63. The number of aliphatic hydroxyl groups is 1. The highest BCUT2D eigenvalue weighted by Crippen LogP contribution is 2.30. The van der Waals surface area contributed by atoms with E-state index in [1.807, 2.05) is 44.2 Å². The van der Waals surface area contributed by atoms with Gasteiger partial charge < -0.3 is 9.84 Å². The van der Waals surface area contributed by atoms with E-state index in [0.717, 1.165) is 5.56 Å². The first-order chi connectivity index (χ1) is 6.91. The number of hydrogen-bond donors (Lipinski definition) is 1. The zero-order valence-corrected chi connectivity index (χ0v) is 9.90. The predicted octanol–water partition coefficient (Wildman–Crippen LogP) is 2.92. The molecule has 0 aromatic heterocycles. The van der Waals surface area contributed by atoms with Crippen molar-refractivity contribution in [1.82, 2.24) is 0 Å². The predicted molar refractivity (Wildman–Crippen MR) is 61.7 cm³/mol. The summed E-state index contributed by atoms with van der Waals surface area (Å²) in [6, 6.07) is 9.83. The fraction of sp³-hybridized carbons (Fsp3) is 0.538. The third-order valence-electron chi connectivity index (χ3n) is 2.15. The van der Waals surface area contributed by atoms with Gasteiger partial charge in [0.1, 0.15) is 6.10 Å². The third kappa shape index (κ3) is 3.65. The van der Waals surface area contributed by atoms with E-state index in [0.29, 0.717) is 0 Å². The second kappa shape index (κ2) is 4.77. The standard InChI is InChI=1S/C13H20O2/c1-10(2)15-12(13(3,4)14)11-8-6-5-7-9-11/h5-10,12,14H,1-4H3. The molecule has 15 heavy (non-hydrogen) atoms. The molecule has 0 saturated carbocycles. The molecule has 1 atom stereocenters. The zero-order valence-electron chi connectivity index (χ0n) is 9.90. The average Bonchev–Trinajstić information content (AvgIpc) is 2.14. The molecule has 0 aliphatic carbocycles. The summed E-state index contributed by atoms with van der Waals surface area (Å²) in [5.41, 5.74) is 0.143. The number of hydrogen-bond acceptors (Lipinski definition) is 2. The van der Waals surface area contributed by atoms with Crippen LogP contribution in [-0.2, 0) is 4.74 Å². The van der Waals surface area contributed by atoms with E-state index in [4.69, 9.17) is 4.74 Å². The van der Waals surface area contributed by atoms with E-state index in [1.165, 1.54) is 0 Å². The molecule has 0 aliphatic rings. The van der Waals surface area contributed by atoms with Crippen LogP contribution in [0.5, 0.6) is 0 Å². The normalized spacial score (nSPS) is 14.3. The molecule has 0 fully saturated rings. The summed E-state index contributed by atoms with van der Waals surface area (Å²) in [5, 5.41) is 10.1. The molecule has 0 bridgehead atoms. The third-order valence-corrected chi connectivity index (χ3v) is 2.15. The van der Waals surface area contributed by atoms with E-state index in [-0.39, 0.29) is 12.2 Å². The Hall–Kier alpha value is -0.860. The molecule has 0 aliphatic heterocycles. The lowest BCUT2D eigenvalue weighted by molar-refractivity contribution is -0.112. The smallest absolute Gasteiger partial charge is 0.111 e. The van der Waals surface area contributed by atoms with Gasteiger partial charge in [0.05, 0.1) is 11.7 Å². The Balaban J connectivity index is 2.92. The van der Waals surface area contributed by atoms with Crippen LogP contribution in [0.2, 0.25) is 0 Å². The van der Waals surface area contributed by atoms with E-state index < -0.39 is 5.60 Å². The van der Waals surface area contributed by atoms with Crippen molar-refractivity contribution in [2.24, 2.45) is 0 Å². The van der Waals surface area contributed by atoms with Crippen LogP contribution in [0.1, 0.15) is 39.4 Å². The average molecular weight is 208 g/mol. The van der Waals surface area contributed by atoms with Crippen LogP contribution in [0, 0.1) is 0 Å². The Morgan fingerprint density at radius 2 is 1.67 bits per heavy atom. The van der Waals surface area contributed by atoms with E-state index in [9.17, 15) is 5.11 Å². The van der Waals surface area contributed by atoms with Gasteiger partial charge in [-0.3, -0.25) is 0 Å². The van der Waals surface area contributed by atoms with E-state index in [2.05, 4.69) is 0 Å². The summed E-state index contributed by atoms with van der Waals surface area (Å²) >= 11 is 0. The number of rotatable bonds is 4. The summed E-state index contributed by atoms with van der Waals surface area (Å²) < 4.78 is 5.75. The van der Waals surface area contributed by atoms with Crippen LogP contribution < -0.4 is 0 Å². The second-order valence-electron chi connectivity index (χ2n) is 4.63. The van der Waals surface area contributed by atoms with Crippen molar-refractivity contribution in [3.8, 4) is 0 Å². The first kappa shape index (κ1) is 12.2. The molecule has 0 heterocycles. The van der Waals surface area contributed by atoms with Gasteiger partial charge in [0, 0.05) is 0 Å². The zero-order chi connectivity index (χ0) is 11.5. The Labute approximate surface area is 91.9 Å². The molecule has 0 amide bonds. The molecule has 1 rings (SSSR count). The summed E-state index contributed by atoms with van der Waals surface area (Å²) in [4.78, 5) is 0. The molecular formula is C13H20O2. The highest BCUT2D eigenvalue weighted by molar-refractivity contribution is 5.20. The van der Waals surface area contributed by atoms with Gasteiger partial charge in [0.15, 0.2) is 0 Å². The van der Waals surface area contributed by atoms with Crippen LogP contribution >= 0.6 is 0 Å². The van der Waals surface area contributed by atoms with Crippen LogP contribution in [0.4, 0.5) is 0 Å². The lowest BCUT2D eigenvalue weighted by Gasteiger charge is -2.31. The van der Waals surface area contributed by atoms with Crippen molar-refractivity contribution in [1.29, 1.82) is 0 Å². The van der Waals surface area contributed by atoms with Gasteiger partial charge >= 0.3 is 0 Å². The van der Waals surface area contributed by atoms with E-state index >= 15 is 0 Å². The van der Waals surface area contributed by atoms with Crippen molar-refractivity contribution in [3.05, 3.63) is 35.9 Å². The number of benzene rings is 1. The lowest BCUT2D eigenvalue weighted by Crippen LogP contribution is -2.32. The quantitative estimate of drug-likeness (QED) is 0.824. The largest absolute Gasteiger partial charge is 0.387 e. The maximum atomic E-state index is 10.1. The SMILES string of the molecule is CC(C)OC(c1ccccc1)C(C)(C)O. The van der Waals surface area contributed by atoms with Crippen LogP contribution in [0.15, 0.2) is 30.3 Å². The molecule has 1 N–H and O–H groups in total. The van der Waals surface area contributed by atoms with E-state index in [1.54, 1.807) is 13.8 Å². The fourth-order valence-corrected chi connectivity index (χ4v) is 1.55. The molecule has 0 saturated heterocycles. The maximum Gasteiger partial charge on any atom is 0.111 e. The Bertz CT molecular complexity index is 285.